The van der Waals surface area contributed by atoms with Gasteiger partial charge in [0.1, 0.15) is 5.75 Å². The number of hydrogen-bond acceptors (Lipinski definition) is 4. The van der Waals surface area contributed by atoms with Crippen LogP contribution >= 0.6 is 46.4 Å². The minimum Gasteiger partial charge on any atom is -0.495 e. The molecule has 5 nitrogen and oxygen atoms in total. The van der Waals surface area contributed by atoms with E-state index in [2.05, 4.69) is 5.32 Å². The van der Waals surface area contributed by atoms with Crippen LogP contribution in [0.5, 0.6) is 5.75 Å². The Labute approximate surface area is 163 Å². The standard InChI is InChI=1S/C16H11Cl4NO4/c1-24-12-5-2-8(6-11(12)19)21-13(22)7-25-16(23)14-9(17)3-4-10(18)15(14)20/h2-6H,7H2,1H3,(H,21,22). The number of esters is 1. The lowest BCUT2D eigenvalue weighted by atomic mass is 10.2. The molecule has 0 aromatic heterocycles. The Kier molecular flexibility index (Phi) is 6.79. The molecular weight excluding hydrogens is 412 g/mol. The van der Waals surface area contributed by atoms with Gasteiger partial charge in [-0.1, -0.05) is 46.4 Å². The summed E-state index contributed by atoms with van der Waals surface area (Å²) in [6.45, 7) is -0.540. The molecule has 1 amide bonds. The molecule has 0 spiro atoms. The summed E-state index contributed by atoms with van der Waals surface area (Å²) in [7, 11) is 1.48. The van der Waals surface area contributed by atoms with E-state index in [0.717, 1.165) is 0 Å². The Morgan fingerprint density at radius 3 is 2.32 bits per heavy atom. The van der Waals surface area contributed by atoms with Crippen LogP contribution in [0.4, 0.5) is 5.69 Å². The van der Waals surface area contributed by atoms with Crippen LogP contribution in [0.1, 0.15) is 10.4 Å². The number of halogens is 4. The summed E-state index contributed by atoms with van der Waals surface area (Å²) in [5.74, 6) is -0.958. The number of amides is 1. The molecule has 25 heavy (non-hydrogen) atoms. The Morgan fingerprint density at radius 2 is 1.68 bits per heavy atom. The van der Waals surface area contributed by atoms with Gasteiger partial charge in [-0.15, -0.1) is 0 Å². The largest absolute Gasteiger partial charge is 0.495 e. The first-order chi connectivity index (χ1) is 11.8. The predicted octanol–water partition coefficient (Wildman–Crippen LogP) is 5.10. The first-order valence-electron chi connectivity index (χ1n) is 6.77. The number of benzene rings is 2. The van der Waals surface area contributed by atoms with E-state index in [-0.39, 0.29) is 20.6 Å². The number of carbonyl (C=O) groups is 2. The van der Waals surface area contributed by atoms with E-state index < -0.39 is 18.5 Å². The van der Waals surface area contributed by atoms with E-state index in [1.807, 2.05) is 0 Å². The summed E-state index contributed by atoms with van der Waals surface area (Å²) in [6.07, 6.45) is 0. The molecule has 0 aliphatic heterocycles. The highest BCUT2D eigenvalue weighted by atomic mass is 35.5. The van der Waals surface area contributed by atoms with Gasteiger partial charge in [0.25, 0.3) is 5.91 Å². The SMILES string of the molecule is COc1ccc(NC(=O)COC(=O)c2c(Cl)ccc(Cl)c2Cl)cc1Cl. The predicted molar refractivity (Wildman–Crippen MR) is 98.4 cm³/mol. The summed E-state index contributed by atoms with van der Waals surface area (Å²) in [5.41, 5.74) is 0.321. The van der Waals surface area contributed by atoms with Crippen LogP contribution in [-0.2, 0) is 9.53 Å². The second-order valence-corrected chi connectivity index (χ2v) is 6.29. The molecule has 0 unspecified atom stereocenters. The lowest BCUT2D eigenvalue weighted by Gasteiger charge is -2.10. The van der Waals surface area contributed by atoms with Gasteiger partial charge in [-0.2, -0.15) is 0 Å². The second-order valence-electron chi connectivity index (χ2n) is 4.69. The molecule has 0 saturated carbocycles. The lowest BCUT2D eigenvalue weighted by molar-refractivity contribution is -0.119. The molecule has 0 bridgehead atoms. The molecule has 0 heterocycles. The molecule has 0 aliphatic carbocycles. The summed E-state index contributed by atoms with van der Waals surface area (Å²) in [5, 5.41) is 3.04. The number of ether oxygens (including phenoxy) is 2. The number of nitrogens with one attached hydrogen (secondary N) is 1. The van der Waals surface area contributed by atoms with Crippen molar-refractivity contribution in [2.45, 2.75) is 0 Å². The van der Waals surface area contributed by atoms with Crippen molar-refractivity contribution in [3.05, 3.63) is 56.0 Å². The van der Waals surface area contributed by atoms with E-state index in [0.29, 0.717) is 16.5 Å². The highest BCUT2D eigenvalue weighted by Crippen LogP contribution is 2.32. The van der Waals surface area contributed by atoms with Crippen molar-refractivity contribution in [1.29, 1.82) is 0 Å². The fourth-order valence-corrected chi connectivity index (χ4v) is 2.80. The van der Waals surface area contributed by atoms with E-state index in [1.165, 1.54) is 25.3 Å². The van der Waals surface area contributed by atoms with Gasteiger partial charge in [0.15, 0.2) is 6.61 Å². The maximum absolute atomic E-state index is 12.1. The Hall–Kier alpha value is -1.66. The van der Waals surface area contributed by atoms with Gasteiger partial charge in [0.05, 0.1) is 32.8 Å². The zero-order valence-corrected chi connectivity index (χ0v) is 15.8. The molecular formula is C16H11Cl4NO4. The molecule has 0 atom stereocenters. The highest BCUT2D eigenvalue weighted by Gasteiger charge is 2.19. The first-order valence-corrected chi connectivity index (χ1v) is 8.28. The van der Waals surface area contributed by atoms with Crippen LogP contribution in [0.2, 0.25) is 20.1 Å². The van der Waals surface area contributed by atoms with Gasteiger partial charge in [0.2, 0.25) is 0 Å². The number of hydrogen-bond donors (Lipinski definition) is 1. The van der Waals surface area contributed by atoms with Crippen molar-refractivity contribution in [2.75, 3.05) is 19.0 Å². The zero-order chi connectivity index (χ0) is 18.6. The molecule has 2 rings (SSSR count). The highest BCUT2D eigenvalue weighted by molar-refractivity contribution is 6.46. The van der Waals surface area contributed by atoms with Crippen LogP contribution in [-0.4, -0.2) is 25.6 Å². The first kappa shape index (κ1) is 19.7. The third-order valence-electron chi connectivity index (χ3n) is 3.02. The van der Waals surface area contributed by atoms with Gasteiger partial charge in [-0.05, 0) is 30.3 Å². The molecule has 2 aromatic rings. The quantitative estimate of drug-likeness (QED) is 0.537. The maximum atomic E-state index is 12.1. The topological polar surface area (TPSA) is 64.6 Å². The Balaban J connectivity index is 1.99. The molecule has 132 valence electrons. The van der Waals surface area contributed by atoms with Crippen molar-refractivity contribution in [3.8, 4) is 5.75 Å². The van der Waals surface area contributed by atoms with Gasteiger partial charge < -0.3 is 14.8 Å². The molecule has 1 N–H and O–H groups in total. The van der Waals surface area contributed by atoms with Crippen LogP contribution in [0.15, 0.2) is 30.3 Å². The minimum atomic E-state index is -0.861. The second kappa shape index (κ2) is 8.63. The third kappa shape index (κ3) is 4.92. The average Bonchev–Trinajstić information content (AvgIpc) is 2.57. The van der Waals surface area contributed by atoms with Crippen molar-refractivity contribution in [3.63, 3.8) is 0 Å². The van der Waals surface area contributed by atoms with Crippen LogP contribution in [0, 0.1) is 0 Å². The van der Waals surface area contributed by atoms with Crippen LogP contribution in [0.3, 0.4) is 0 Å². The zero-order valence-electron chi connectivity index (χ0n) is 12.7. The van der Waals surface area contributed by atoms with Crippen molar-refractivity contribution in [2.24, 2.45) is 0 Å². The average molecular weight is 423 g/mol. The van der Waals surface area contributed by atoms with E-state index >= 15 is 0 Å². The van der Waals surface area contributed by atoms with E-state index in [1.54, 1.807) is 12.1 Å². The Morgan fingerprint density at radius 1 is 1.00 bits per heavy atom. The summed E-state index contributed by atoms with van der Waals surface area (Å²) < 4.78 is 9.93. The molecule has 9 heteroatoms. The van der Waals surface area contributed by atoms with Gasteiger partial charge in [0, 0.05) is 5.69 Å². The number of carbonyl (C=O) groups excluding carboxylic acids is 2. The smallest absolute Gasteiger partial charge is 0.341 e. The van der Waals surface area contributed by atoms with Gasteiger partial charge in [-0.3, -0.25) is 4.79 Å². The molecule has 0 saturated heterocycles. The number of methoxy groups -OCH3 is 1. The maximum Gasteiger partial charge on any atom is 0.341 e. The number of rotatable bonds is 5. The van der Waals surface area contributed by atoms with Crippen molar-refractivity contribution in [1.82, 2.24) is 0 Å². The fraction of sp³-hybridized carbons (Fsp3) is 0.125. The van der Waals surface area contributed by atoms with Gasteiger partial charge >= 0.3 is 5.97 Å². The molecule has 0 radical (unpaired) electrons. The van der Waals surface area contributed by atoms with Crippen LogP contribution < -0.4 is 10.1 Å². The van der Waals surface area contributed by atoms with E-state index in [9.17, 15) is 9.59 Å². The van der Waals surface area contributed by atoms with Crippen molar-refractivity contribution < 1.29 is 19.1 Å². The third-order valence-corrected chi connectivity index (χ3v) is 4.43. The number of anilines is 1. The summed E-state index contributed by atoms with van der Waals surface area (Å²) in [4.78, 5) is 24.0. The summed E-state index contributed by atoms with van der Waals surface area (Å²) >= 11 is 23.7. The van der Waals surface area contributed by atoms with E-state index in [4.69, 9.17) is 55.9 Å². The summed E-state index contributed by atoms with van der Waals surface area (Å²) in [6, 6.07) is 7.55. The normalized spacial score (nSPS) is 10.3. The lowest BCUT2D eigenvalue weighted by Crippen LogP contribution is -2.21. The molecule has 0 fully saturated rings. The van der Waals surface area contributed by atoms with Gasteiger partial charge in [-0.25, -0.2) is 4.79 Å². The molecule has 2 aromatic carbocycles. The minimum absolute atomic E-state index is 0.0403. The Bertz CT molecular complexity index is 826. The van der Waals surface area contributed by atoms with Crippen LogP contribution in [0.25, 0.3) is 0 Å². The monoisotopic (exact) mass is 421 g/mol. The van der Waals surface area contributed by atoms with Crippen molar-refractivity contribution >= 4 is 64.0 Å². The fourth-order valence-electron chi connectivity index (χ4n) is 1.86. The molecule has 0 aliphatic rings.